The fourth-order valence-electron chi connectivity index (χ4n) is 3.14. The van der Waals surface area contributed by atoms with Gasteiger partial charge in [-0.2, -0.15) is 0 Å². The predicted octanol–water partition coefficient (Wildman–Crippen LogP) is 3.69. The Morgan fingerprint density at radius 1 is 1.03 bits per heavy atom. The summed E-state index contributed by atoms with van der Waals surface area (Å²) in [4.78, 5) is 4.30. The van der Waals surface area contributed by atoms with E-state index in [0.29, 0.717) is 12.5 Å². The van der Waals surface area contributed by atoms with E-state index in [9.17, 15) is 0 Å². The van der Waals surface area contributed by atoms with Gasteiger partial charge in [-0.25, -0.2) is 0 Å². The first-order valence-corrected chi connectivity index (χ1v) is 10.1. The van der Waals surface area contributed by atoms with Crippen LogP contribution in [0.2, 0.25) is 0 Å². The molecular weight excluding hydrogens is 360 g/mol. The normalized spacial score (nSPS) is 11.7. The quantitative estimate of drug-likeness (QED) is 0.350. The lowest BCUT2D eigenvalue weighted by atomic mass is 10.0. The van der Waals surface area contributed by atoms with Crippen LogP contribution < -0.4 is 10.6 Å². The number of aliphatic imine (C=N–C) groups is 1. The largest absolute Gasteiger partial charge is 0.356 e. The molecule has 0 unspecified atom stereocenters. The number of para-hydroxylation sites is 1. The third-order valence-electron chi connectivity index (χ3n) is 4.87. The third kappa shape index (κ3) is 5.91. The molecule has 0 amide bonds. The SMILES string of the molecule is CN=C(NCCCc1ccc(C(C)C)cc1)NCc1nncn1-c1ccccc1. The average molecular weight is 391 g/mol. The second-order valence-electron chi connectivity index (χ2n) is 7.31. The van der Waals surface area contributed by atoms with Gasteiger partial charge in [0.15, 0.2) is 11.8 Å². The molecular formula is C23H30N6. The van der Waals surface area contributed by atoms with Gasteiger partial charge in [-0.3, -0.25) is 9.56 Å². The minimum atomic E-state index is 0.547. The van der Waals surface area contributed by atoms with Crippen molar-refractivity contribution >= 4 is 5.96 Å². The number of nitrogens with zero attached hydrogens (tertiary/aromatic N) is 4. The second-order valence-corrected chi connectivity index (χ2v) is 7.31. The second kappa shape index (κ2) is 10.4. The molecule has 0 aliphatic carbocycles. The molecule has 152 valence electrons. The number of nitrogens with one attached hydrogen (secondary N) is 2. The molecule has 0 saturated carbocycles. The van der Waals surface area contributed by atoms with Gasteiger partial charge in [0, 0.05) is 19.3 Å². The van der Waals surface area contributed by atoms with Crippen molar-refractivity contribution < 1.29 is 0 Å². The Balaban J connectivity index is 1.44. The molecule has 0 aliphatic heterocycles. The van der Waals surface area contributed by atoms with E-state index in [4.69, 9.17) is 0 Å². The topological polar surface area (TPSA) is 67.1 Å². The number of hydrogen-bond acceptors (Lipinski definition) is 3. The lowest BCUT2D eigenvalue weighted by molar-refractivity contribution is 0.723. The van der Waals surface area contributed by atoms with Gasteiger partial charge >= 0.3 is 0 Å². The number of benzene rings is 2. The summed E-state index contributed by atoms with van der Waals surface area (Å²) in [6.45, 7) is 5.85. The first kappa shape index (κ1) is 20.6. The molecule has 3 aromatic rings. The van der Waals surface area contributed by atoms with Crippen LogP contribution in [0.25, 0.3) is 5.69 Å². The van der Waals surface area contributed by atoms with Gasteiger partial charge in [0.25, 0.3) is 0 Å². The minimum absolute atomic E-state index is 0.547. The van der Waals surface area contributed by atoms with Crippen LogP contribution in [0, 0.1) is 0 Å². The van der Waals surface area contributed by atoms with Crippen molar-refractivity contribution in [3.63, 3.8) is 0 Å². The van der Waals surface area contributed by atoms with Crippen LogP contribution in [0.5, 0.6) is 0 Å². The van der Waals surface area contributed by atoms with E-state index in [0.717, 1.165) is 36.9 Å². The predicted molar refractivity (Wildman–Crippen MR) is 118 cm³/mol. The summed E-state index contributed by atoms with van der Waals surface area (Å²) in [5.41, 5.74) is 3.80. The lowest BCUT2D eigenvalue weighted by Gasteiger charge is -2.12. The van der Waals surface area contributed by atoms with Crippen molar-refractivity contribution in [2.24, 2.45) is 4.99 Å². The number of hydrogen-bond donors (Lipinski definition) is 2. The van der Waals surface area contributed by atoms with Crippen molar-refractivity contribution in [2.45, 2.75) is 39.2 Å². The van der Waals surface area contributed by atoms with Crippen molar-refractivity contribution in [1.82, 2.24) is 25.4 Å². The van der Waals surface area contributed by atoms with Gasteiger partial charge in [0.1, 0.15) is 6.33 Å². The highest BCUT2D eigenvalue weighted by molar-refractivity contribution is 5.79. The van der Waals surface area contributed by atoms with E-state index in [-0.39, 0.29) is 0 Å². The molecule has 1 aromatic heterocycles. The summed E-state index contributed by atoms with van der Waals surface area (Å²) in [5.74, 6) is 2.18. The molecule has 0 spiro atoms. The molecule has 29 heavy (non-hydrogen) atoms. The Bertz CT molecular complexity index is 897. The van der Waals surface area contributed by atoms with Gasteiger partial charge in [-0.1, -0.05) is 56.3 Å². The van der Waals surface area contributed by atoms with Crippen molar-refractivity contribution in [3.05, 3.63) is 77.9 Å². The standard InChI is InChI=1S/C23H30N6/c1-18(2)20-13-11-19(12-14-20)8-7-15-25-23(24-3)26-16-22-28-27-17-29(22)21-9-5-4-6-10-21/h4-6,9-14,17-18H,7-8,15-16H2,1-3H3,(H2,24,25,26). The number of guanidine groups is 1. The minimum Gasteiger partial charge on any atom is -0.356 e. The molecule has 2 N–H and O–H groups in total. The zero-order valence-corrected chi connectivity index (χ0v) is 17.5. The Morgan fingerprint density at radius 2 is 1.79 bits per heavy atom. The van der Waals surface area contributed by atoms with Crippen LogP contribution in [-0.2, 0) is 13.0 Å². The Morgan fingerprint density at radius 3 is 2.48 bits per heavy atom. The van der Waals surface area contributed by atoms with Gasteiger partial charge in [-0.15, -0.1) is 10.2 Å². The van der Waals surface area contributed by atoms with Crippen molar-refractivity contribution in [3.8, 4) is 5.69 Å². The van der Waals surface area contributed by atoms with Crippen molar-refractivity contribution in [2.75, 3.05) is 13.6 Å². The molecule has 0 atom stereocenters. The molecule has 6 nitrogen and oxygen atoms in total. The van der Waals surface area contributed by atoms with Crippen molar-refractivity contribution in [1.29, 1.82) is 0 Å². The highest BCUT2D eigenvalue weighted by Crippen LogP contribution is 2.15. The van der Waals surface area contributed by atoms with E-state index in [1.807, 2.05) is 34.9 Å². The molecule has 6 heteroatoms. The summed E-state index contributed by atoms with van der Waals surface area (Å²) < 4.78 is 1.97. The van der Waals surface area contributed by atoms with Gasteiger partial charge < -0.3 is 10.6 Å². The highest BCUT2D eigenvalue weighted by atomic mass is 15.3. The maximum absolute atomic E-state index is 4.30. The summed E-state index contributed by atoms with van der Waals surface area (Å²) >= 11 is 0. The molecule has 0 fully saturated rings. The highest BCUT2D eigenvalue weighted by Gasteiger charge is 2.07. The van der Waals surface area contributed by atoms with E-state index in [1.54, 1.807) is 13.4 Å². The van der Waals surface area contributed by atoms with Gasteiger partial charge in [-0.05, 0) is 42.0 Å². The average Bonchev–Trinajstić information content (AvgIpc) is 3.23. The summed E-state index contributed by atoms with van der Waals surface area (Å²) in [6, 6.07) is 19.0. The van der Waals surface area contributed by atoms with Crippen LogP contribution in [0.4, 0.5) is 0 Å². The molecule has 1 heterocycles. The smallest absolute Gasteiger partial charge is 0.191 e. The Hall–Kier alpha value is -3.15. The molecule has 3 rings (SSSR count). The maximum Gasteiger partial charge on any atom is 0.191 e. The first-order chi connectivity index (χ1) is 14.2. The summed E-state index contributed by atoms with van der Waals surface area (Å²) in [5, 5.41) is 15.0. The summed E-state index contributed by atoms with van der Waals surface area (Å²) in [7, 11) is 1.78. The Labute approximate surface area is 173 Å². The monoisotopic (exact) mass is 390 g/mol. The number of aromatic nitrogens is 3. The Kier molecular flexibility index (Phi) is 7.39. The zero-order chi connectivity index (χ0) is 20.5. The van der Waals surface area contributed by atoms with E-state index < -0.39 is 0 Å². The fourth-order valence-corrected chi connectivity index (χ4v) is 3.14. The van der Waals surface area contributed by atoms with E-state index >= 15 is 0 Å². The molecule has 0 aliphatic rings. The van der Waals surface area contributed by atoms with Crippen LogP contribution in [0.15, 0.2) is 65.9 Å². The van der Waals surface area contributed by atoms with Crippen LogP contribution >= 0.6 is 0 Å². The zero-order valence-electron chi connectivity index (χ0n) is 17.5. The third-order valence-corrected chi connectivity index (χ3v) is 4.87. The molecule has 0 saturated heterocycles. The maximum atomic E-state index is 4.30. The van der Waals surface area contributed by atoms with E-state index in [2.05, 4.69) is 63.9 Å². The van der Waals surface area contributed by atoms with Crippen LogP contribution in [0.1, 0.15) is 43.1 Å². The number of aryl methyl sites for hydroxylation is 1. The van der Waals surface area contributed by atoms with Crippen LogP contribution in [0.3, 0.4) is 0 Å². The fraction of sp³-hybridized carbons (Fsp3) is 0.348. The van der Waals surface area contributed by atoms with E-state index in [1.165, 1.54) is 11.1 Å². The van der Waals surface area contributed by atoms with Crippen LogP contribution in [-0.4, -0.2) is 34.3 Å². The first-order valence-electron chi connectivity index (χ1n) is 10.1. The summed E-state index contributed by atoms with van der Waals surface area (Å²) in [6.07, 6.45) is 3.82. The molecule has 2 aromatic carbocycles. The van der Waals surface area contributed by atoms with Gasteiger partial charge in [0.05, 0.1) is 6.54 Å². The molecule has 0 radical (unpaired) electrons. The van der Waals surface area contributed by atoms with Gasteiger partial charge in [0.2, 0.25) is 0 Å². The lowest BCUT2D eigenvalue weighted by Crippen LogP contribution is -2.38. The number of rotatable bonds is 8. The molecule has 0 bridgehead atoms.